The summed E-state index contributed by atoms with van der Waals surface area (Å²) in [6.45, 7) is 2.50. The molecule has 6 nitrogen and oxygen atoms in total. The maximum atomic E-state index is 12.4. The van der Waals surface area contributed by atoms with Gasteiger partial charge in [0.1, 0.15) is 5.75 Å². The molecule has 0 aromatic heterocycles. The maximum Gasteiger partial charge on any atom is 0.260 e. The Morgan fingerprint density at radius 3 is 2.80 bits per heavy atom. The van der Waals surface area contributed by atoms with Crippen molar-refractivity contribution in [3.8, 4) is 5.75 Å². The first-order chi connectivity index (χ1) is 9.52. The molecule has 0 saturated carbocycles. The van der Waals surface area contributed by atoms with E-state index in [1.165, 1.54) is 0 Å². The van der Waals surface area contributed by atoms with E-state index < -0.39 is 12.0 Å². The molecule has 20 heavy (non-hydrogen) atoms. The number of ether oxygens (including phenoxy) is 1. The van der Waals surface area contributed by atoms with Crippen molar-refractivity contribution in [3.63, 3.8) is 0 Å². The Morgan fingerprint density at radius 2 is 2.15 bits per heavy atom. The zero-order valence-corrected chi connectivity index (χ0v) is 11.4. The fraction of sp³-hybridized carbons (Fsp3) is 0.429. The highest BCUT2D eigenvalue weighted by Crippen LogP contribution is 2.33. The van der Waals surface area contributed by atoms with Gasteiger partial charge in [-0.1, -0.05) is 19.1 Å². The summed E-state index contributed by atoms with van der Waals surface area (Å²) in [5.74, 6) is -0.0741. The Balaban J connectivity index is 2.26. The van der Waals surface area contributed by atoms with Crippen LogP contribution in [-0.2, 0) is 9.59 Å². The Hall–Kier alpha value is -2.08. The molecule has 0 bridgehead atoms. The molecule has 1 aromatic rings. The van der Waals surface area contributed by atoms with E-state index in [1.54, 1.807) is 23.1 Å². The number of fused-ring (bicyclic) bond motifs is 1. The van der Waals surface area contributed by atoms with Crippen LogP contribution in [0.25, 0.3) is 0 Å². The monoisotopic (exact) mass is 277 g/mol. The lowest BCUT2D eigenvalue weighted by atomic mass is 10.1. The molecule has 0 spiro atoms. The van der Waals surface area contributed by atoms with Crippen molar-refractivity contribution >= 4 is 17.5 Å². The first-order valence-corrected chi connectivity index (χ1v) is 6.58. The molecule has 0 radical (unpaired) electrons. The van der Waals surface area contributed by atoms with Gasteiger partial charge in [0.05, 0.1) is 12.2 Å². The number of hydrogen-bond acceptors (Lipinski definition) is 4. The predicted molar refractivity (Wildman–Crippen MR) is 75.2 cm³/mol. The third kappa shape index (κ3) is 2.91. The summed E-state index contributed by atoms with van der Waals surface area (Å²) in [6.07, 6.45) is -0.488. The number of primary amides is 1. The van der Waals surface area contributed by atoms with Crippen molar-refractivity contribution in [2.45, 2.75) is 19.4 Å². The van der Waals surface area contributed by atoms with Crippen LogP contribution < -0.4 is 21.1 Å². The van der Waals surface area contributed by atoms with Gasteiger partial charge in [0.15, 0.2) is 6.10 Å². The molecule has 2 rings (SSSR count). The quantitative estimate of drug-likeness (QED) is 0.824. The van der Waals surface area contributed by atoms with Crippen molar-refractivity contribution in [3.05, 3.63) is 24.3 Å². The number of nitrogens with zero attached hydrogens (tertiary/aromatic N) is 1. The van der Waals surface area contributed by atoms with Crippen molar-refractivity contribution in [1.29, 1.82) is 0 Å². The molecule has 6 heteroatoms. The number of hydrogen-bond donors (Lipinski definition) is 2. The number of nitrogens with two attached hydrogens (primary N) is 2. The minimum Gasteiger partial charge on any atom is -0.477 e. The number of benzene rings is 1. The van der Waals surface area contributed by atoms with E-state index in [4.69, 9.17) is 16.2 Å². The van der Waals surface area contributed by atoms with Gasteiger partial charge in [-0.2, -0.15) is 0 Å². The highest BCUT2D eigenvalue weighted by Gasteiger charge is 2.32. The topological polar surface area (TPSA) is 98.7 Å². The van der Waals surface area contributed by atoms with Crippen LogP contribution in [0.2, 0.25) is 0 Å². The van der Waals surface area contributed by atoms with Crippen LogP contribution in [0, 0.1) is 5.92 Å². The molecule has 108 valence electrons. The minimum absolute atomic E-state index is 0.0787. The minimum atomic E-state index is -0.818. The predicted octanol–water partition coefficient (Wildman–Crippen LogP) is 0.251. The standard InChI is InChI=1S/C14H19N3O3/c1-9(7-15)6-13(18)17-8-12(14(16)19)20-11-5-3-2-4-10(11)17/h2-5,9,12H,6-8,15H2,1H3,(H2,16,19). The van der Waals surface area contributed by atoms with Crippen LogP contribution >= 0.6 is 0 Å². The number of amides is 2. The molecule has 2 unspecified atom stereocenters. The summed E-state index contributed by atoms with van der Waals surface area (Å²) in [4.78, 5) is 25.3. The normalized spacial score (nSPS) is 18.9. The van der Waals surface area contributed by atoms with Gasteiger partial charge in [-0.3, -0.25) is 9.59 Å². The summed E-state index contributed by atoms with van der Waals surface area (Å²) in [7, 11) is 0. The second kappa shape index (κ2) is 5.92. The number of para-hydroxylation sites is 2. The summed E-state index contributed by atoms with van der Waals surface area (Å²) >= 11 is 0. The number of rotatable bonds is 4. The van der Waals surface area contributed by atoms with E-state index in [0.717, 1.165) is 0 Å². The number of carbonyl (C=O) groups is 2. The van der Waals surface area contributed by atoms with Gasteiger partial charge in [0.2, 0.25) is 5.91 Å². The molecule has 2 atom stereocenters. The van der Waals surface area contributed by atoms with Crippen LogP contribution in [0.3, 0.4) is 0 Å². The Labute approximate surface area is 117 Å². The largest absolute Gasteiger partial charge is 0.477 e. The molecular formula is C14H19N3O3. The molecule has 1 aliphatic rings. The van der Waals surface area contributed by atoms with Gasteiger partial charge in [0, 0.05) is 6.42 Å². The molecular weight excluding hydrogens is 258 g/mol. The van der Waals surface area contributed by atoms with Gasteiger partial charge in [0.25, 0.3) is 5.91 Å². The molecule has 1 aromatic carbocycles. The second-order valence-corrected chi connectivity index (χ2v) is 5.03. The van der Waals surface area contributed by atoms with Gasteiger partial charge >= 0.3 is 0 Å². The molecule has 1 aliphatic heterocycles. The van der Waals surface area contributed by atoms with Crippen molar-refractivity contribution in [2.75, 3.05) is 18.0 Å². The maximum absolute atomic E-state index is 12.4. The van der Waals surface area contributed by atoms with Crippen LogP contribution in [0.5, 0.6) is 5.75 Å². The lowest BCUT2D eigenvalue weighted by Gasteiger charge is -2.34. The van der Waals surface area contributed by atoms with E-state index in [9.17, 15) is 9.59 Å². The highest BCUT2D eigenvalue weighted by atomic mass is 16.5. The first-order valence-electron chi connectivity index (χ1n) is 6.58. The summed E-state index contributed by atoms with van der Waals surface area (Å²) in [5.41, 5.74) is 11.5. The van der Waals surface area contributed by atoms with Crippen LogP contribution in [0.4, 0.5) is 5.69 Å². The Bertz CT molecular complexity index is 518. The van der Waals surface area contributed by atoms with Gasteiger partial charge in [-0.05, 0) is 24.6 Å². The molecule has 0 aliphatic carbocycles. The van der Waals surface area contributed by atoms with Gasteiger partial charge in [-0.15, -0.1) is 0 Å². The third-order valence-electron chi connectivity index (χ3n) is 3.32. The SMILES string of the molecule is CC(CN)CC(=O)N1CC(C(N)=O)Oc2ccccc21. The fourth-order valence-corrected chi connectivity index (χ4v) is 2.11. The zero-order valence-electron chi connectivity index (χ0n) is 11.4. The van der Waals surface area contributed by atoms with Crippen molar-refractivity contribution in [1.82, 2.24) is 0 Å². The van der Waals surface area contributed by atoms with E-state index in [1.807, 2.05) is 13.0 Å². The zero-order chi connectivity index (χ0) is 14.7. The average molecular weight is 277 g/mol. The van der Waals surface area contributed by atoms with E-state index in [0.29, 0.717) is 24.4 Å². The lowest BCUT2D eigenvalue weighted by molar-refractivity contribution is -0.125. The summed E-state index contributed by atoms with van der Waals surface area (Å²) in [6, 6.07) is 7.11. The van der Waals surface area contributed by atoms with E-state index in [2.05, 4.69) is 0 Å². The number of carbonyl (C=O) groups excluding carboxylic acids is 2. The summed E-state index contributed by atoms with van der Waals surface area (Å²) < 4.78 is 5.51. The van der Waals surface area contributed by atoms with Gasteiger partial charge < -0.3 is 21.1 Å². The average Bonchev–Trinajstić information content (AvgIpc) is 2.45. The number of anilines is 1. The molecule has 1 heterocycles. The van der Waals surface area contributed by atoms with Crippen LogP contribution in [0.1, 0.15) is 13.3 Å². The van der Waals surface area contributed by atoms with Gasteiger partial charge in [-0.25, -0.2) is 0 Å². The fourth-order valence-electron chi connectivity index (χ4n) is 2.11. The second-order valence-electron chi connectivity index (χ2n) is 5.03. The van der Waals surface area contributed by atoms with E-state index in [-0.39, 0.29) is 18.4 Å². The van der Waals surface area contributed by atoms with Crippen LogP contribution in [0.15, 0.2) is 24.3 Å². The third-order valence-corrected chi connectivity index (χ3v) is 3.32. The Morgan fingerprint density at radius 1 is 1.45 bits per heavy atom. The Kier molecular flexibility index (Phi) is 4.24. The van der Waals surface area contributed by atoms with E-state index >= 15 is 0 Å². The lowest BCUT2D eigenvalue weighted by Crippen LogP contribution is -2.49. The van der Waals surface area contributed by atoms with Crippen molar-refractivity contribution in [2.24, 2.45) is 17.4 Å². The summed E-state index contributed by atoms with van der Waals surface area (Å²) in [5, 5.41) is 0. The molecule has 0 fully saturated rings. The molecule has 4 N–H and O–H groups in total. The molecule has 2 amide bonds. The van der Waals surface area contributed by atoms with Crippen LogP contribution in [-0.4, -0.2) is 31.0 Å². The first kappa shape index (κ1) is 14.3. The van der Waals surface area contributed by atoms with Crippen molar-refractivity contribution < 1.29 is 14.3 Å². The molecule has 0 saturated heterocycles. The highest BCUT2D eigenvalue weighted by molar-refractivity contribution is 5.97. The smallest absolute Gasteiger partial charge is 0.260 e.